The van der Waals surface area contributed by atoms with Crippen molar-refractivity contribution in [3.05, 3.63) is 157 Å². The average Bonchev–Trinajstić information content (AvgIpc) is 0.753. The van der Waals surface area contributed by atoms with E-state index in [1.54, 1.807) is 18.2 Å². The van der Waals surface area contributed by atoms with Crippen LogP contribution in [0.25, 0.3) is 43.1 Å². The van der Waals surface area contributed by atoms with E-state index < -0.39 is 229 Å². The van der Waals surface area contributed by atoms with Gasteiger partial charge >= 0.3 is 0 Å². The number of hydrogen-bond donors (Lipinski definition) is 13. The third kappa shape index (κ3) is 17.2. The molecule has 48 heteroatoms. The molecule has 0 amide bonds. The summed E-state index contributed by atoms with van der Waals surface area (Å²) in [7, 11) is -42.1. The zero-order valence-corrected chi connectivity index (χ0v) is 61.1. The zero-order valence-electron chi connectivity index (χ0n) is 54.6. The van der Waals surface area contributed by atoms with E-state index in [9.17, 15) is 124 Å². The summed E-state index contributed by atoms with van der Waals surface area (Å²) in [6, 6.07) is 26.6. The molecule has 0 bridgehead atoms. The first kappa shape index (κ1) is 79.6. The Labute approximate surface area is 619 Å². The number of hydrogen-bond acceptors (Lipinski definition) is 32. The van der Waals surface area contributed by atoms with Crippen molar-refractivity contribution in [3.8, 4) is 28.7 Å². The van der Waals surface area contributed by atoms with Crippen LogP contribution in [-0.2, 0) is 80.9 Å². The third-order valence-corrected chi connectivity index (χ3v) is 22.7. The maximum absolute atomic E-state index is 13.6. The summed E-state index contributed by atoms with van der Waals surface area (Å²) < 4.78 is 289. The standard InChI is InChI=1S/C62H47N11O29S8/c1-30-22-46(48(102-20-7-21-103(78,79)80)29-45(30)68-66-42-18-19-49(105(84,85)86)40-25-34(104(81,82)83)26-47(74)54(40)42)69-73-58-53(109(96,97)98)28-39-37(61(58)77)15-17-44(62(39)110(99,100)101)67-70-55-38-27-52(108(93,94)95)57(60(76)36(38)14-16-43(55)63-32-8-3-2-4-9-32)71-64-33-12-13-35-31(23-33)24-51(107(90,91)92)56(59(35)75)72-65-41-10-5-6-11-50(41)106(87,88)89/h2-6,8-19,22-29,63,74-77H,7,20-21H2,1H3,(H,78,79,80)(H,81,82,83)(H,84,85,86)(H,87,88,89)(H,90,91,92)(H,93,94,95)(H,96,97,98)(H,99,100,101). The van der Waals surface area contributed by atoms with E-state index in [0.717, 1.165) is 72.8 Å². The first-order chi connectivity index (χ1) is 51.2. The summed E-state index contributed by atoms with van der Waals surface area (Å²) >= 11 is 0. The van der Waals surface area contributed by atoms with E-state index in [1.165, 1.54) is 43.3 Å². The molecule has 0 aliphatic rings. The molecule has 11 aromatic carbocycles. The molecule has 0 aromatic heterocycles. The minimum atomic E-state index is -5.74. The molecule has 0 spiro atoms. The van der Waals surface area contributed by atoms with Crippen molar-refractivity contribution >= 4 is 192 Å². The predicted octanol–water partition coefficient (Wildman–Crippen LogP) is 13.6. The quantitative estimate of drug-likeness (QED) is 0.0152. The summed E-state index contributed by atoms with van der Waals surface area (Å²) in [6.07, 6.45) is -0.414. The SMILES string of the molecule is Cc1cc(N=Nc2c(S(=O)(=O)O)cc3c(S(=O)(=O)O)c(N=Nc4c(Nc5ccccc5)ccc5c(O)c(N=Nc6ccc7c(O)c(N=Nc8ccccc8S(=O)(=O)O)c(S(=O)(=O)O)cc7c6)c(S(=O)(=O)O)cc45)ccc3c2O)c(OCCCS(=O)(=O)O)cc1N=Nc1ccc(S(=O)(=O)O)c2cc(S(=O)(=O)O)cc(O)c12. The van der Waals surface area contributed by atoms with Gasteiger partial charge in [-0.25, -0.2) is 0 Å². The Morgan fingerprint density at radius 2 is 0.864 bits per heavy atom. The molecule has 0 fully saturated rings. The van der Waals surface area contributed by atoms with Gasteiger partial charge in [0.15, 0.2) is 17.2 Å². The van der Waals surface area contributed by atoms with Gasteiger partial charge in [0.2, 0.25) is 0 Å². The van der Waals surface area contributed by atoms with Crippen LogP contribution in [0.4, 0.5) is 68.2 Å². The predicted molar refractivity (Wildman–Crippen MR) is 386 cm³/mol. The largest absolute Gasteiger partial charge is 0.507 e. The van der Waals surface area contributed by atoms with E-state index in [1.807, 2.05) is 0 Å². The zero-order chi connectivity index (χ0) is 80.3. The first-order valence-electron chi connectivity index (χ1n) is 30.0. The van der Waals surface area contributed by atoms with E-state index in [-0.39, 0.29) is 44.5 Å². The second-order valence-electron chi connectivity index (χ2n) is 23.0. The lowest BCUT2D eigenvalue weighted by Crippen LogP contribution is -2.08. The van der Waals surface area contributed by atoms with Gasteiger partial charge in [-0.2, -0.15) is 77.6 Å². The molecule has 0 aliphatic heterocycles. The number of benzene rings is 11. The Bertz CT molecular complexity index is 6940. The smallest absolute Gasteiger partial charge is 0.297 e. The molecule has 11 rings (SSSR count). The lowest BCUT2D eigenvalue weighted by Gasteiger charge is -2.15. The number of azo groups is 5. The summed E-state index contributed by atoms with van der Waals surface area (Å²) in [5.41, 5.74) is -6.01. The number of phenolic OH excluding ortho intramolecular Hbond substituents is 4. The fourth-order valence-electron chi connectivity index (χ4n) is 10.8. The molecule has 0 saturated heterocycles. The molecule has 13 N–H and O–H groups in total. The van der Waals surface area contributed by atoms with Crippen LogP contribution in [0.15, 0.2) is 237 Å². The minimum Gasteiger partial charge on any atom is -0.507 e. The summed E-state index contributed by atoms with van der Waals surface area (Å²) in [6.45, 7) is 0.795. The van der Waals surface area contributed by atoms with Gasteiger partial charge < -0.3 is 30.5 Å². The number of anilines is 2. The van der Waals surface area contributed by atoms with E-state index >= 15 is 0 Å². The van der Waals surface area contributed by atoms with Gasteiger partial charge in [-0.15, -0.1) is 40.9 Å². The van der Waals surface area contributed by atoms with Crippen LogP contribution in [-0.4, -0.2) is 137 Å². The first-order valence-corrected chi connectivity index (χ1v) is 41.7. The topological polar surface area (TPSA) is 661 Å². The Morgan fingerprint density at radius 3 is 1.46 bits per heavy atom. The van der Waals surface area contributed by atoms with Crippen molar-refractivity contribution in [2.45, 2.75) is 47.6 Å². The molecular weight excluding hydrogens is 1620 g/mol. The lowest BCUT2D eigenvalue weighted by atomic mass is 10.0. The highest BCUT2D eigenvalue weighted by Crippen LogP contribution is 2.51. The van der Waals surface area contributed by atoms with Crippen molar-refractivity contribution in [2.24, 2.45) is 51.1 Å². The third-order valence-electron chi connectivity index (χ3n) is 15.7. The maximum Gasteiger partial charge on any atom is 0.297 e. The summed E-state index contributed by atoms with van der Waals surface area (Å²) in [4.78, 5) is -7.75. The molecule has 0 aliphatic carbocycles. The van der Waals surface area contributed by atoms with Crippen molar-refractivity contribution in [1.82, 2.24) is 0 Å². The van der Waals surface area contributed by atoms with Crippen LogP contribution in [0.2, 0.25) is 0 Å². The molecule has 110 heavy (non-hydrogen) atoms. The molecule has 0 heterocycles. The van der Waals surface area contributed by atoms with E-state index in [2.05, 4.69) is 56.5 Å². The number of phenols is 4. The molecule has 0 saturated carbocycles. The van der Waals surface area contributed by atoms with Crippen molar-refractivity contribution in [2.75, 3.05) is 17.7 Å². The van der Waals surface area contributed by atoms with Gasteiger partial charge in [-0.3, -0.25) is 36.4 Å². The van der Waals surface area contributed by atoms with Gasteiger partial charge in [0, 0.05) is 50.1 Å². The number of ether oxygens (including phenoxy) is 1. The van der Waals surface area contributed by atoms with Gasteiger partial charge in [-0.05, 0) is 133 Å². The van der Waals surface area contributed by atoms with Crippen molar-refractivity contribution < 1.29 is 129 Å². The number of nitrogens with zero attached hydrogens (tertiary/aromatic N) is 10. The second-order valence-corrected chi connectivity index (χ2v) is 34.3. The molecular formula is C62H47N11O29S8. The summed E-state index contributed by atoms with van der Waals surface area (Å²) in [5, 5.41) is 84.4. The highest BCUT2D eigenvalue weighted by molar-refractivity contribution is 7.88. The van der Waals surface area contributed by atoms with E-state index in [4.69, 9.17) is 4.74 Å². The number of rotatable bonds is 24. The number of para-hydroxylation sites is 1. The Morgan fingerprint density at radius 1 is 0.364 bits per heavy atom. The highest BCUT2D eigenvalue weighted by atomic mass is 32.2. The van der Waals surface area contributed by atoms with Gasteiger partial charge in [0.25, 0.3) is 80.9 Å². The van der Waals surface area contributed by atoms with Crippen LogP contribution in [0.3, 0.4) is 0 Å². The van der Waals surface area contributed by atoms with Crippen molar-refractivity contribution in [1.29, 1.82) is 0 Å². The Balaban J connectivity index is 1.00. The normalized spacial score (nSPS) is 13.2. The second kappa shape index (κ2) is 29.5. The molecule has 0 atom stereocenters. The van der Waals surface area contributed by atoms with Crippen LogP contribution >= 0.6 is 0 Å². The Kier molecular flexibility index (Phi) is 21.3. The van der Waals surface area contributed by atoms with Crippen LogP contribution in [0.5, 0.6) is 28.7 Å². The lowest BCUT2D eigenvalue weighted by molar-refractivity contribution is 0.317. The highest BCUT2D eigenvalue weighted by Gasteiger charge is 2.31. The van der Waals surface area contributed by atoms with Gasteiger partial charge in [0.1, 0.15) is 80.7 Å². The van der Waals surface area contributed by atoms with Gasteiger partial charge in [-0.1, -0.05) is 30.3 Å². The molecule has 11 aromatic rings. The summed E-state index contributed by atoms with van der Waals surface area (Å²) in [5.74, 6) is -5.56. The molecule has 40 nitrogen and oxygen atoms in total. The molecule has 572 valence electrons. The van der Waals surface area contributed by atoms with Gasteiger partial charge in [0.05, 0.1) is 45.4 Å². The number of aryl methyl sites for hydroxylation is 1. The fourth-order valence-corrected chi connectivity index (χ4v) is 15.9. The number of aromatic hydroxyl groups is 4. The van der Waals surface area contributed by atoms with Crippen LogP contribution < -0.4 is 10.1 Å². The monoisotopic (exact) mass is 1670 g/mol. The van der Waals surface area contributed by atoms with Crippen LogP contribution in [0, 0.1) is 6.92 Å². The molecule has 0 radical (unpaired) electrons. The number of nitrogens with one attached hydrogen (secondary N) is 1. The average molecular weight is 1670 g/mol. The van der Waals surface area contributed by atoms with Crippen LogP contribution in [0.1, 0.15) is 12.0 Å². The molecule has 0 unspecified atom stereocenters. The Hall–Kier alpha value is -11.5. The van der Waals surface area contributed by atoms with E-state index in [0.29, 0.717) is 30.0 Å². The maximum atomic E-state index is 13.6. The fraction of sp³-hybridized carbons (Fsp3) is 0.0645. The van der Waals surface area contributed by atoms with Crippen molar-refractivity contribution in [3.63, 3.8) is 0 Å². The number of fused-ring (bicyclic) bond motifs is 4. The minimum absolute atomic E-state index is 0.0524.